The third kappa shape index (κ3) is 2.23. The highest BCUT2D eigenvalue weighted by molar-refractivity contribution is 7.80. The summed E-state index contributed by atoms with van der Waals surface area (Å²) < 4.78 is 32.8. The molecular weight excluding hydrogens is 380 g/mol. The van der Waals surface area contributed by atoms with Gasteiger partial charge in [-0.05, 0) is 30.7 Å². The van der Waals surface area contributed by atoms with Crippen molar-refractivity contribution in [3.63, 3.8) is 0 Å². The molecule has 1 aromatic heterocycles. The van der Waals surface area contributed by atoms with Crippen LogP contribution in [0.25, 0.3) is 11.0 Å². The summed E-state index contributed by atoms with van der Waals surface area (Å²) >= 11 is 11.7. The molecule has 2 aromatic carbocycles. The van der Waals surface area contributed by atoms with Crippen LogP contribution >= 0.6 is 23.8 Å². The Bertz CT molecular complexity index is 1070. The number of rotatable bonds is 2. The summed E-state index contributed by atoms with van der Waals surface area (Å²) in [5, 5.41) is 3.91. The first-order valence-electron chi connectivity index (χ1n) is 8.09. The SMILES string of the molecule is FC(F)Oc1cccc2c1[C@@H]1C[C@H](NC2=S)c2nc3ccc(Cl)cc3n21. The van der Waals surface area contributed by atoms with Crippen molar-refractivity contribution < 1.29 is 13.5 Å². The maximum absolute atomic E-state index is 13.0. The number of nitrogens with one attached hydrogen (secondary N) is 1. The van der Waals surface area contributed by atoms with E-state index in [4.69, 9.17) is 33.5 Å². The zero-order valence-electron chi connectivity index (χ0n) is 13.2. The maximum atomic E-state index is 13.0. The number of hydrogen-bond donors (Lipinski definition) is 1. The summed E-state index contributed by atoms with van der Waals surface area (Å²) in [4.78, 5) is 5.23. The Balaban J connectivity index is 1.79. The zero-order valence-corrected chi connectivity index (χ0v) is 14.8. The van der Waals surface area contributed by atoms with Gasteiger partial charge >= 0.3 is 6.61 Å². The lowest BCUT2D eigenvalue weighted by Gasteiger charge is -2.22. The molecule has 4 nitrogen and oxygen atoms in total. The average molecular weight is 392 g/mol. The van der Waals surface area contributed by atoms with Crippen molar-refractivity contribution in [3.05, 3.63) is 58.4 Å². The van der Waals surface area contributed by atoms with Gasteiger partial charge in [-0.2, -0.15) is 8.78 Å². The van der Waals surface area contributed by atoms with Gasteiger partial charge in [0.25, 0.3) is 0 Å². The lowest BCUT2D eigenvalue weighted by atomic mass is 9.98. The Hall–Kier alpha value is -2.25. The molecule has 3 heterocycles. The minimum absolute atomic E-state index is 0.0922. The van der Waals surface area contributed by atoms with Gasteiger partial charge in [0.15, 0.2) is 0 Å². The highest BCUT2D eigenvalue weighted by Gasteiger charge is 2.41. The normalized spacial score (nSPS) is 20.7. The molecule has 5 rings (SSSR count). The molecule has 0 saturated heterocycles. The second-order valence-corrected chi connectivity index (χ2v) is 7.19. The van der Waals surface area contributed by atoms with Gasteiger partial charge in [-0.1, -0.05) is 36.0 Å². The molecule has 0 amide bonds. The standard InChI is InChI=1S/C18H12ClF2N3OS/c19-8-4-5-10-12(6-8)24-13-7-11(16(24)22-10)23-17(26)9-2-1-3-14(15(9)13)25-18(20)21/h1-6,11,13,18H,7H2,(H,23,26)/t11-,13-/m0/s1. The van der Waals surface area contributed by atoms with Crippen molar-refractivity contribution in [3.8, 4) is 5.75 Å². The first-order valence-corrected chi connectivity index (χ1v) is 8.87. The molecule has 0 aliphatic carbocycles. The van der Waals surface area contributed by atoms with Crippen molar-refractivity contribution in [2.45, 2.75) is 25.1 Å². The van der Waals surface area contributed by atoms with Gasteiger partial charge in [0.05, 0.1) is 23.1 Å². The van der Waals surface area contributed by atoms with Crippen molar-refractivity contribution in [2.24, 2.45) is 0 Å². The molecule has 0 unspecified atom stereocenters. The Morgan fingerprint density at radius 3 is 2.96 bits per heavy atom. The number of thiocarbonyl (C=S) groups is 1. The first kappa shape index (κ1) is 16.0. The van der Waals surface area contributed by atoms with Crippen LogP contribution in [0.4, 0.5) is 8.78 Å². The smallest absolute Gasteiger partial charge is 0.387 e. The van der Waals surface area contributed by atoms with Crippen molar-refractivity contribution in [1.29, 1.82) is 0 Å². The molecule has 132 valence electrons. The molecule has 2 aliphatic rings. The largest absolute Gasteiger partial charge is 0.434 e. The number of halogens is 3. The maximum Gasteiger partial charge on any atom is 0.387 e. The highest BCUT2D eigenvalue weighted by atomic mass is 35.5. The quantitative estimate of drug-likeness (QED) is 0.648. The molecule has 0 fully saturated rings. The molecule has 26 heavy (non-hydrogen) atoms. The second-order valence-electron chi connectivity index (χ2n) is 6.35. The van der Waals surface area contributed by atoms with Gasteiger partial charge in [0.2, 0.25) is 0 Å². The fourth-order valence-electron chi connectivity index (χ4n) is 3.98. The van der Waals surface area contributed by atoms with E-state index in [1.54, 1.807) is 18.2 Å². The molecule has 0 radical (unpaired) electrons. The Morgan fingerprint density at radius 2 is 2.15 bits per heavy atom. The number of benzene rings is 2. The first-order chi connectivity index (χ1) is 12.5. The topological polar surface area (TPSA) is 39.1 Å². The summed E-state index contributed by atoms with van der Waals surface area (Å²) in [6, 6.07) is 10.2. The minimum atomic E-state index is -2.91. The summed E-state index contributed by atoms with van der Waals surface area (Å²) in [5.41, 5.74) is 3.04. The Kier molecular flexibility index (Phi) is 3.45. The van der Waals surface area contributed by atoms with Crippen LogP contribution in [0, 0.1) is 0 Å². The summed E-state index contributed by atoms with van der Waals surface area (Å²) in [6.45, 7) is -2.91. The number of fused-ring (bicyclic) bond motifs is 9. The fourth-order valence-corrected chi connectivity index (χ4v) is 4.47. The summed E-state index contributed by atoms with van der Waals surface area (Å²) in [6.07, 6.45) is 0.654. The average Bonchev–Trinajstić information content (AvgIpc) is 3.07. The summed E-state index contributed by atoms with van der Waals surface area (Å²) in [7, 11) is 0. The fraction of sp³-hybridized carbons (Fsp3) is 0.222. The van der Waals surface area contributed by atoms with Crippen LogP contribution in [0.15, 0.2) is 36.4 Å². The number of aromatic nitrogens is 2. The van der Waals surface area contributed by atoms with E-state index in [9.17, 15) is 8.78 Å². The van der Waals surface area contributed by atoms with Crippen LogP contribution in [0.1, 0.15) is 35.5 Å². The number of hydrogen-bond acceptors (Lipinski definition) is 3. The van der Waals surface area contributed by atoms with Gasteiger partial charge in [-0.25, -0.2) is 4.98 Å². The van der Waals surface area contributed by atoms with Crippen molar-refractivity contribution in [2.75, 3.05) is 0 Å². The van der Waals surface area contributed by atoms with Crippen LogP contribution in [0.5, 0.6) is 5.75 Å². The van der Waals surface area contributed by atoms with Crippen LogP contribution in [0.3, 0.4) is 0 Å². The van der Waals surface area contributed by atoms with E-state index >= 15 is 0 Å². The number of ether oxygens (including phenoxy) is 1. The van der Waals surface area contributed by atoms with Crippen LogP contribution < -0.4 is 10.1 Å². The van der Waals surface area contributed by atoms with Gasteiger partial charge < -0.3 is 14.6 Å². The van der Waals surface area contributed by atoms with Gasteiger partial charge in [0.1, 0.15) is 16.6 Å². The van der Waals surface area contributed by atoms with Crippen molar-refractivity contribution >= 4 is 39.8 Å². The minimum Gasteiger partial charge on any atom is -0.434 e. The predicted molar refractivity (Wildman–Crippen MR) is 98.1 cm³/mol. The lowest BCUT2D eigenvalue weighted by molar-refractivity contribution is -0.0506. The van der Waals surface area contributed by atoms with Crippen LogP contribution in [-0.2, 0) is 0 Å². The summed E-state index contributed by atoms with van der Waals surface area (Å²) in [5.74, 6) is 0.969. The Labute approximate surface area is 157 Å². The monoisotopic (exact) mass is 391 g/mol. The van der Waals surface area contributed by atoms with Gasteiger partial charge in [-0.15, -0.1) is 0 Å². The third-order valence-electron chi connectivity index (χ3n) is 4.93. The molecular formula is C18H12ClF2N3OS. The molecule has 2 aliphatic heterocycles. The molecule has 8 heteroatoms. The van der Waals surface area contributed by atoms with Gasteiger partial charge in [0, 0.05) is 16.1 Å². The highest BCUT2D eigenvalue weighted by Crippen LogP contribution is 2.47. The van der Waals surface area contributed by atoms with E-state index in [2.05, 4.69) is 9.88 Å². The van der Waals surface area contributed by atoms with E-state index in [0.717, 1.165) is 16.9 Å². The van der Waals surface area contributed by atoms with E-state index in [1.165, 1.54) is 0 Å². The van der Waals surface area contributed by atoms with E-state index in [-0.39, 0.29) is 17.8 Å². The number of imidazole rings is 1. The number of alkyl halides is 2. The van der Waals surface area contributed by atoms with E-state index in [0.29, 0.717) is 27.6 Å². The molecule has 1 N–H and O–H groups in total. The zero-order chi connectivity index (χ0) is 18.0. The van der Waals surface area contributed by atoms with E-state index in [1.807, 2.05) is 18.2 Å². The molecule has 3 aromatic rings. The molecule has 0 spiro atoms. The van der Waals surface area contributed by atoms with Crippen LogP contribution in [0.2, 0.25) is 5.02 Å². The Morgan fingerprint density at radius 1 is 1.31 bits per heavy atom. The predicted octanol–water partition coefficient (Wildman–Crippen LogP) is 4.60. The second kappa shape index (κ2) is 5.62. The molecule has 0 saturated carbocycles. The lowest BCUT2D eigenvalue weighted by Crippen LogP contribution is -2.27. The van der Waals surface area contributed by atoms with Crippen LogP contribution in [-0.4, -0.2) is 21.2 Å². The third-order valence-corrected chi connectivity index (χ3v) is 5.50. The molecule has 2 atom stereocenters. The van der Waals surface area contributed by atoms with Gasteiger partial charge in [-0.3, -0.25) is 0 Å². The molecule has 2 bridgehead atoms. The van der Waals surface area contributed by atoms with E-state index < -0.39 is 6.61 Å². The van der Waals surface area contributed by atoms with Crippen molar-refractivity contribution in [1.82, 2.24) is 14.9 Å². The number of nitrogens with zero attached hydrogens (tertiary/aromatic N) is 2.